The number of anilines is 2. The van der Waals surface area contributed by atoms with Gasteiger partial charge in [-0.05, 0) is 50.2 Å². The fraction of sp³-hybridized carbons (Fsp3) is 0.286. The normalized spacial score (nSPS) is 10.6. The zero-order valence-corrected chi connectivity index (χ0v) is 17.4. The van der Waals surface area contributed by atoms with E-state index in [-0.39, 0.29) is 11.8 Å². The van der Waals surface area contributed by atoms with Crippen LogP contribution in [0.5, 0.6) is 11.5 Å². The molecule has 2 N–H and O–H groups in total. The van der Waals surface area contributed by atoms with Crippen LogP contribution < -0.4 is 20.1 Å². The summed E-state index contributed by atoms with van der Waals surface area (Å²) in [6, 6.07) is 10.5. The molecular formula is C21H23N3O4S. The molecule has 0 saturated heterocycles. The third kappa shape index (κ3) is 5.03. The monoisotopic (exact) mass is 413 g/mol. The zero-order chi connectivity index (χ0) is 20.8. The number of aromatic nitrogens is 1. The van der Waals surface area contributed by atoms with Crippen LogP contribution in [0.2, 0.25) is 0 Å². The fourth-order valence-corrected chi connectivity index (χ4v) is 3.58. The Bertz CT molecular complexity index is 1030. The third-order valence-electron chi connectivity index (χ3n) is 4.02. The molecule has 7 nitrogen and oxygen atoms in total. The molecule has 0 aliphatic rings. The molecule has 152 valence electrons. The zero-order valence-electron chi connectivity index (χ0n) is 16.6. The molecule has 0 radical (unpaired) electrons. The van der Waals surface area contributed by atoms with Crippen molar-refractivity contribution in [2.75, 3.05) is 23.8 Å². The number of rotatable bonds is 8. The van der Waals surface area contributed by atoms with Gasteiger partial charge >= 0.3 is 0 Å². The fourth-order valence-electron chi connectivity index (χ4n) is 2.66. The van der Waals surface area contributed by atoms with Crippen molar-refractivity contribution in [2.24, 2.45) is 0 Å². The molecule has 29 heavy (non-hydrogen) atoms. The number of fused-ring (bicyclic) bond motifs is 1. The third-order valence-corrected chi connectivity index (χ3v) is 4.95. The van der Waals surface area contributed by atoms with Crippen LogP contribution in [-0.4, -0.2) is 30.0 Å². The maximum absolute atomic E-state index is 12.7. The van der Waals surface area contributed by atoms with Crippen LogP contribution in [0.3, 0.4) is 0 Å². The van der Waals surface area contributed by atoms with E-state index in [1.54, 1.807) is 31.2 Å². The summed E-state index contributed by atoms with van der Waals surface area (Å²) >= 11 is 1.36. The summed E-state index contributed by atoms with van der Waals surface area (Å²) in [7, 11) is 0. The number of hydrogen-bond donors (Lipinski definition) is 2. The standard InChI is InChI=1S/C21H23N3O4S/c1-4-19(25)24-21-23-15-9-8-14(12-18(15)29-21)22-20(26)13-7-10-16(27-5-2)17(11-13)28-6-3/h7-12H,4-6H2,1-3H3,(H,22,26)(H,23,24,25). The van der Waals surface area contributed by atoms with Gasteiger partial charge in [0.05, 0.1) is 23.4 Å². The molecule has 0 fully saturated rings. The molecule has 8 heteroatoms. The Morgan fingerprint density at radius 2 is 1.72 bits per heavy atom. The summed E-state index contributed by atoms with van der Waals surface area (Å²) in [5.41, 5.74) is 1.88. The van der Waals surface area contributed by atoms with Gasteiger partial charge in [-0.1, -0.05) is 18.3 Å². The molecule has 1 heterocycles. The van der Waals surface area contributed by atoms with E-state index in [0.29, 0.717) is 47.5 Å². The minimum absolute atomic E-state index is 0.0850. The summed E-state index contributed by atoms with van der Waals surface area (Å²) in [4.78, 5) is 28.6. The number of amides is 2. The molecule has 2 aromatic carbocycles. The number of nitrogens with one attached hydrogen (secondary N) is 2. The first-order valence-electron chi connectivity index (χ1n) is 9.45. The van der Waals surface area contributed by atoms with Crippen molar-refractivity contribution >= 4 is 44.2 Å². The number of ether oxygens (including phenoxy) is 2. The highest BCUT2D eigenvalue weighted by atomic mass is 32.1. The average Bonchev–Trinajstić information content (AvgIpc) is 3.10. The summed E-state index contributed by atoms with van der Waals surface area (Å²) in [6.07, 6.45) is 0.392. The maximum atomic E-state index is 12.7. The number of carbonyl (C=O) groups is 2. The van der Waals surface area contributed by atoms with Crippen molar-refractivity contribution < 1.29 is 19.1 Å². The van der Waals surface area contributed by atoms with Crippen LogP contribution in [0.4, 0.5) is 10.8 Å². The summed E-state index contributed by atoms with van der Waals surface area (Å²) < 4.78 is 12.0. The van der Waals surface area contributed by atoms with E-state index in [2.05, 4.69) is 15.6 Å². The van der Waals surface area contributed by atoms with E-state index in [0.717, 1.165) is 10.2 Å². The van der Waals surface area contributed by atoms with Gasteiger partial charge in [0.2, 0.25) is 5.91 Å². The highest BCUT2D eigenvalue weighted by molar-refractivity contribution is 7.22. The Morgan fingerprint density at radius 1 is 0.966 bits per heavy atom. The second kappa shape index (κ2) is 9.38. The molecule has 3 aromatic rings. The first-order chi connectivity index (χ1) is 14.0. The van der Waals surface area contributed by atoms with Gasteiger partial charge in [0.15, 0.2) is 16.6 Å². The largest absolute Gasteiger partial charge is 0.490 e. The van der Waals surface area contributed by atoms with Gasteiger partial charge in [-0.25, -0.2) is 4.98 Å². The first-order valence-corrected chi connectivity index (χ1v) is 10.3. The lowest BCUT2D eigenvalue weighted by Crippen LogP contribution is -2.12. The molecule has 1 aromatic heterocycles. The van der Waals surface area contributed by atoms with E-state index in [1.165, 1.54) is 11.3 Å². The molecule has 3 rings (SSSR count). The van der Waals surface area contributed by atoms with Crippen LogP contribution in [0.1, 0.15) is 37.6 Å². The lowest BCUT2D eigenvalue weighted by atomic mass is 10.1. The molecule has 0 spiro atoms. The van der Waals surface area contributed by atoms with Gasteiger partial charge in [0.1, 0.15) is 0 Å². The Kier molecular flexibility index (Phi) is 6.66. The van der Waals surface area contributed by atoms with E-state index < -0.39 is 0 Å². The average molecular weight is 413 g/mol. The number of nitrogens with zero attached hydrogens (tertiary/aromatic N) is 1. The van der Waals surface area contributed by atoms with E-state index in [9.17, 15) is 9.59 Å². The van der Waals surface area contributed by atoms with Gasteiger partial charge in [-0.2, -0.15) is 0 Å². The molecule has 0 saturated carbocycles. The molecule has 0 atom stereocenters. The predicted octanol–water partition coefficient (Wildman–Crippen LogP) is 4.69. The van der Waals surface area contributed by atoms with Crippen molar-refractivity contribution in [3.63, 3.8) is 0 Å². The molecule has 0 aliphatic heterocycles. The second-order valence-corrected chi connectivity index (χ2v) is 7.12. The van der Waals surface area contributed by atoms with Gasteiger partial charge in [-0.3, -0.25) is 9.59 Å². The minimum Gasteiger partial charge on any atom is -0.490 e. The van der Waals surface area contributed by atoms with Crippen LogP contribution in [0.25, 0.3) is 10.2 Å². The van der Waals surface area contributed by atoms with Crippen LogP contribution >= 0.6 is 11.3 Å². The summed E-state index contributed by atoms with van der Waals surface area (Å²) in [6.45, 7) is 6.55. The molecule has 2 amide bonds. The Balaban J connectivity index is 1.78. The maximum Gasteiger partial charge on any atom is 0.255 e. The number of hydrogen-bond acceptors (Lipinski definition) is 6. The van der Waals surface area contributed by atoms with Crippen molar-refractivity contribution in [1.29, 1.82) is 0 Å². The number of thiazole rings is 1. The van der Waals surface area contributed by atoms with E-state index in [4.69, 9.17) is 9.47 Å². The van der Waals surface area contributed by atoms with Gasteiger partial charge in [0, 0.05) is 17.7 Å². The van der Waals surface area contributed by atoms with Gasteiger partial charge < -0.3 is 20.1 Å². The van der Waals surface area contributed by atoms with Crippen molar-refractivity contribution in [2.45, 2.75) is 27.2 Å². The Labute approximate surface area is 173 Å². The number of carbonyl (C=O) groups excluding carboxylic acids is 2. The SMILES string of the molecule is CCOc1ccc(C(=O)Nc2ccc3nc(NC(=O)CC)sc3c2)cc1OCC. The smallest absolute Gasteiger partial charge is 0.255 e. The van der Waals surface area contributed by atoms with Crippen molar-refractivity contribution in [1.82, 2.24) is 4.98 Å². The molecular weight excluding hydrogens is 390 g/mol. The van der Waals surface area contributed by atoms with E-state index >= 15 is 0 Å². The molecule has 0 bridgehead atoms. The van der Waals surface area contributed by atoms with Crippen LogP contribution in [-0.2, 0) is 4.79 Å². The quantitative estimate of drug-likeness (QED) is 0.559. The molecule has 0 aliphatic carbocycles. The number of benzene rings is 2. The second-order valence-electron chi connectivity index (χ2n) is 6.08. The minimum atomic E-state index is -0.252. The highest BCUT2D eigenvalue weighted by Gasteiger charge is 2.13. The summed E-state index contributed by atoms with van der Waals surface area (Å²) in [5, 5.41) is 6.19. The molecule has 0 unspecified atom stereocenters. The van der Waals surface area contributed by atoms with Crippen molar-refractivity contribution in [3.05, 3.63) is 42.0 Å². The highest BCUT2D eigenvalue weighted by Crippen LogP contribution is 2.30. The van der Waals surface area contributed by atoms with Gasteiger partial charge in [0.25, 0.3) is 5.91 Å². The lowest BCUT2D eigenvalue weighted by Gasteiger charge is -2.12. The van der Waals surface area contributed by atoms with Gasteiger partial charge in [-0.15, -0.1) is 0 Å². The van der Waals surface area contributed by atoms with Crippen LogP contribution in [0, 0.1) is 0 Å². The van der Waals surface area contributed by atoms with E-state index in [1.807, 2.05) is 26.0 Å². The Hall–Kier alpha value is -3.13. The lowest BCUT2D eigenvalue weighted by molar-refractivity contribution is -0.115. The topological polar surface area (TPSA) is 89.5 Å². The first kappa shape index (κ1) is 20.6. The van der Waals surface area contributed by atoms with Crippen molar-refractivity contribution in [3.8, 4) is 11.5 Å². The van der Waals surface area contributed by atoms with Crippen LogP contribution in [0.15, 0.2) is 36.4 Å². The predicted molar refractivity (Wildman–Crippen MR) is 115 cm³/mol. The summed E-state index contributed by atoms with van der Waals surface area (Å²) in [5.74, 6) is 0.811. The Morgan fingerprint density at radius 3 is 2.45 bits per heavy atom.